The highest BCUT2D eigenvalue weighted by Gasteiger charge is 2.39. The fraction of sp³-hybridized carbons (Fsp3) is 0.529. The lowest BCUT2D eigenvalue weighted by Gasteiger charge is -2.35. The molecule has 2 aromatic rings. The van der Waals surface area contributed by atoms with Crippen molar-refractivity contribution < 1.29 is 17.9 Å². The van der Waals surface area contributed by atoms with Gasteiger partial charge in [-0.3, -0.25) is 0 Å². The van der Waals surface area contributed by atoms with Crippen LogP contribution in [0.15, 0.2) is 24.3 Å². The Morgan fingerprint density at radius 1 is 1.16 bits per heavy atom. The van der Waals surface area contributed by atoms with Crippen LogP contribution >= 0.6 is 11.3 Å². The number of aromatic nitrogens is 2. The summed E-state index contributed by atoms with van der Waals surface area (Å²) in [5.41, 5.74) is -0.278. The summed E-state index contributed by atoms with van der Waals surface area (Å²) in [4.78, 5) is 2.42. The van der Waals surface area contributed by atoms with E-state index in [-0.39, 0.29) is 6.10 Å². The minimum Gasteiger partial charge on any atom is -0.465 e. The predicted octanol–water partition coefficient (Wildman–Crippen LogP) is 4.23. The molecule has 2 unspecified atom stereocenters. The molecular weight excluding hydrogens is 351 g/mol. The molecule has 0 radical (unpaired) electrons. The number of rotatable bonds is 3. The van der Waals surface area contributed by atoms with Gasteiger partial charge in [-0.2, -0.15) is 13.2 Å². The molecule has 8 heteroatoms. The number of ether oxygens (including phenoxy) is 1. The molecule has 0 aliphatic carbocycles. The number of alkyl halides is 3. The third kappa shape index (κ3) is 3.37. The van der Waals surface area contributed by atoms with E-state index in [0.29, 0.717) is 27.8 Å². The summed E-state index contributed by atoms with van der Waals surface area (Å²) < 4.78 is 44.5. The number of hydrogen-bond acceptors (Lipinski definition) is 5. The standard InChI is InChI=1S/C17H18F3N3OS/c1-23-12-5-6-13(23)9-14(8-12)24-16-22-21-15(25-16)10-3-2-4-11(7-10)17(18,19)20/h2-4,7,12-14H,5-6,8-9H2,1H3. The van der Waals surface area contributed by atoms with Gasteiger partial charge in [0.1, 0.15) is 6.10 Å². The second-order valence-corrected chi connectivity index (χ2v) is 7.65. The van der Waals surface area contributed by atoms with Gasteiger partial charge < -0.3 is 9.64 Å². The van der Waals surface area contributed by atoms with Gasteiger partial charge in [0.25, 0.3) is 5.19 Å². The summed E-state index contributed by atoms with van der Waals surface area (Å²) in [6.45, 7) is 0. The monoisotopic (exact) mass is 369 g/mol. The quantitative estimate of drug-likeness (QED) is 0.812. The SMILES string of the molecule is CN1C2CCC1CC(Oc1nnc(-c3cccc(C(F)(F)F)c3)s1)C2. The Bertz CT molecular complexity index is 750. The number of nitrogens with zero attached hydrogens (tertiary/aromatic N) is 3. The lowest BCUT2D eigenvalue weighted by atomic mass is 10.0. The number of halogens is 3. The molecule has 0 spiro atoms. The van der Waals surface area contributed by atoms with Crippen LogP contribution in [0.5, 0.6) is 5.19 Å². The first-order valence-electron chi connectivity index (χ1n) is 8.30. The second-order valence-electron chi connectivity index (χ2n) is 6.71. The van der Waals surface area contributed by atoms with E-state index in [2.05, 4.69) is 22.1 Å². The minimum absolute atomic E-state index is 0.107. The Kier molecular flexibility index (Phi) is 4.19. The van der Waals surface area contributed by atoms with Crippen LogP contribution in [0.3, 0.4) is 0 Å². The lowest BCUT2D eigenvalue weighted by Crippen LogP contribution is -2.43. The number of fused-ring (bicyclic) bond motifs is 2. The van der Waals surface area contributed by atoms with Gasteiger partial charge in [-0.15, -0.1) is 5.10 Å². The Hall–Kier alpha value is -1.67. The van der Waals surface area contributed by atoms with Gasteiger partial charge in [-0.25, -0.2) is 0 Å². The van der Waals surface area contributed by atoms with Crippen LogP contribution in [0.2, 0.25) is 0 Å². The first kappa shape index (κ1) is 16.8. The molecule has 25 heavy (non-hydrogen) atoms. The number of hydrogen-bond donors (Lipinski definition) is 0. The highest BCUT2D eigenvalue weighted by Crippen LogP contribution is 2.38. The lowest BCUT2D eigenvalue weighted by molar-refractivity contribution is -0.137. The molecule has 4 rings (SSSR count). The van der Waals surface area contributed by atoms with E-state index >= 15 is 0 Å². The maximum atomic E-state index is 12.8. The predicted molar refractivity (Wildman–Crippen MR) is 88.6 cm³/mol. The molecule has 2 fully saturated rings. The van der Waals surface area contributed by atoms with Crippen LogP contribution in [0.1, 0.15) is 31.2 Å². The van der Waals surface area contributed by atoms with Gasteiger partial charge in [0.05, 0.1) is 5.56 Å². The van der Waals surface area contributed by atoms with Crippen molar-refractivity contribution in [3.63, 3.8) is 0 Å². The molecule has 0 saturated carbocycles. The highest BCUT2D eigenvalue weighted by molar-refractivity contribution is 7.16. The zero-order valence-corrected chi connectivity index (χ0v) is 14.5. The van der Waals surface area contributed by atoms with Crippen LogP contribution in [0.4, 0.5) is 13.2 Å². The summed E-state index contributed by atoms with van der Waals surface area (Å²) in [7, 11) is 2.16. The molecule has 2 atom stereocenters. The molecule has 4 nitrogen and oxygen atoms in total. The Morgan fingerprint density at radius 2 is 1.88 bits per heavy atom. The first-order valence-corrected chi connectivity index (χ1v) is 9.11. The number of piperidine rings is 1. The van der Waals surface area contributed by atoms with Crippen molar-refractivity contribution >= 4 is 11.3 Å². The average Bonchev–Trinajstić information content (AvgIpc) is 3.09. The van der Waals surface area contributed by atoms with Gasteiger partial charge in [-0.05, 0) is 44.9 Å². The molecule has 2 aliphatic rings. The minimum atomic E-state index is -4.37. The molecule has 134 valence electrons. The van der Waals surface area contributed by atoms with Crippen molar-refractivity contribution in [3.8, 4) is 15.8 Å². The third-order valence-electron chi connectivity index (χ3n) is 5.17. The zero-order valence-electron chi connectivity index (χ0n) is 13.7. The molecule has 2 bridgehead atoms. The average molecular weight is 369 g/mol. The van der Waals surface area contributed by atoms with Crippen molar-refractivity contribution in [2.75, 3.05) is 7.05 Å². The highest BCUT2D eigenvalue weighted by atomic mass is 32.1. The van der Waals surface area contributed by atoms with E-state index in [1.165, 1.54) is 30.2 Å². The maximum Gasteiger partial charge on any atom is 0.416 e. The fourth-order valence-electron chi connectivity index (χ4n) is 3.80. The van der Waals surface area contributed by atoms with Gasteiger partial charge in [0, 0.05) is 17.6 Å². The van der Waals surface area contributed by atoms with Crippen molar-refractivity contribution in [1.29, 1.82) is 0 Å². The summed E-state index contributed by atoms with van der Waals surface area (Å²) in [6.07, 6.45) is 0.0694. The largest absolute Gasteiger partial charge is 0.465 e. The van der Waals surface area contributed by atoms with E-state index in [9.17, 15) is 13.2 Å². The Labute approximate surface area is 147 Å². The van der Waals surface area contributed by atoms with Gasteiger partial charge in [-0.1, -0.05) is 28.6 Å². The van der Waals surface area contributed by atoms with Gasteiger partial charge in [0.15, 0.2) is 5.01 Å². The van der Waals surface area contributed by atoms with E-state index in [1.54, 1.807) is 6.07 Å². The van der Waals surface area contributed by atoms with E-state index in [1.807, 2.05) is 0 Å². The topological polar surface area (TPSA) is 38.2 Å². The molecule has 0 N–H and O–H groups in total. The van der Waals surface area contributed by atoms with Crippen molar-refractivity contribution in [1.82, 2.24) is 15.1 Å². The summed E-state index contributed by atoms with van der Waals surface area (Å²) in [6, 6.07) is 6.25. The number of benzene rings is 1. The fourth-order valence-corrected chi connectivity index (χ4v) is 4.56. The third-order valence-corrected chi connectivity index (χ3v) is 6.03. The van der Waals surface area contributed by atoms with Crippen molar-refractivity contribution in [2.45, 2.75) is 50.0 Å². The molecule has 3 heterocycles. The van der Waals surface area contributed by atoms with E-state index < -0.39 is 11.7 Å². The van der Waals surface area contributed by atoms with Crippen molar-refractivity contribution in [3.05, 3.63) is 29.8 Å². The maximum absolute atomic E-state index is 12.8. The molecule has 1 aromatic carbocycles. The normalized spacial score (nSPS) is 26.8. The smallest absolute Gasteiger partial charge is 0.416 e. The van der Waals surface area contributed by atoms with Crippen LogP contribution in [0.25, 0.3) is 10.6 Å². The molecule has 0 amide bonds. The van der Waals surface area contributed by atoms with Crippen molar-refractivity contribution in [2.24, 2.45) is 0 Å². The van der Waals surface area contributed by atoms with Crippen LogP contribution in [0, 0.1) is 0 Å². The van der Waals surface area contributed by atoms with Crippen LogP contribution < -0.4 is 4.74 Å². The van der Waals surface area contributed by atoms with E-state index in [0.717, 1.165) is 25.0 Å². The zero-order chi connectivity index (χ0) is 17.6. The Balaban J connectivity index is 1.48. The molecule has 1 aromatic heterocycles. The molecule has 2 saturated heterocycles. The first-order chi connectivity index (χ1) is 11.9. The summed E-state index contributed by atoms with van der Waals surface area (Å²) >= 11 is 1.20. The summed E-state index contributed by atoms with van der Waals surface area (Å²) in [5.74, 6) is 0. The van der Waals surface area contributed by atoms with E-state index in [4.69, 9.17) is 4.74 Å². The van der Waals surface area contributed by atoms with Crippen LogP contribution in [-0.2, 0) is 6.18 Å². The summed E-state index contributed by atoms with van der Waals surface area (Å²) in [5, 5.41) is 8.90. The second kappa shape index (κ2) is 6.25. The molecular formula is C17H18F3N3OS. The van der Waals surface area contributed by atoms with Gasteiger partial charge >= 0.3 is 6.18 Å². The Morgan fingerprint density at radius 3 is 2.56 bits per heavy atom. The van der Waals surface area contributed by atoms with Crippen LogP contribution in [-0.4, -0.2) is 40.3 Å². The van der Waals surface area contributed by atoms with Gasteiger partial charge in [0.2, 0.25) is 0 Å². The molecule has 2 aliphatic heterocycles.